The van der Waals surface area contributed by atoms with E-state index in [9.17, 15) is 4.79 Å². The Kier molecular flexibility index (Phi) is 5.53. The Labute approximate surface area is 168 Å². The molecule has 0 saturated heterocycles. The molecule has 28 heavy (non-hydrogen) atoms. The molecule has 1 aromatic heterocycles. The van der Waals surface area contributed by atoms with E-state index in [0.29, 0.717) is 5.56 Å². The zero-order valence-corrected chi connectivity index (χ0v) is 16.4. The fourth-order valence-electron chi connectivity index (χ4n) is 3.20. The molecule has 142 valence electrons. The number of fused-ring (bicyclic) bond motifs is 1. The van der Waals surface area contributed by atoms with E-state index in [0.717, 1.165) is 47.0 Å². The summed E-state index contributed by atoms with van der Waals surface area (Å²) in [7, 11) is 1.92. The van der Waals surface area contributed by atoms with Gasteiger partial charge in [-0.05, 0) is 42.5 Å². The first-order valence-corrected chi connectivity index (χ1v) is 10.2. The van der Waals surface area contributed by atoms with Crippen LogP contribution in [-0.2, 0) is 19.2 Å². The molecule has 0 spiro atoms. The minimum absolute atomic E-state index is 0.192. The molecule has 1 aliphatic carbocycles. The maximum Gasteiger partial charge on any atom is 0.271 e. The van der Waals surface area contributed by atoms with Crippen LogP contribution in [0.4, 0.5) is 0 Å². The molecule has 3 aromatic rings. The highest BCUT2D eigenvalue weighted by atomic mass is 32.2. The van der Waals surface area contributed by atoms with Crippen molar-refractivity contribution in [2.24, 2.45) is 12.1 Å². The lowest BCUT2D eigenvalue weighted by atomic mass is 9.90. The first-order valence-electron chi connectivity index (χ1n) is 9.21. The first kappa shape index (κ1) is 18.4. The first-order chi connectivity index (χ1) is 13.7. The maximum atomic E-state index is 12.5. The van der Waals surface area contributed by atoms with Crippen LogP contribution in [0.2, 0.25) is 0 Å². The van der Waals surface area contributed by atoms with Gasteiger partial charge < -0.3 is 4.57 Å². The van der Waals surface area contributed by atoms with Gasteiger partial charge in [0.15, 0.2) is 5.16 Å². The van der Waals surface area contributed by atoms with Crippen LogP contribution in [-0.4, -0.2) is 26.4 Å². The number of amides is 1. The number of nitrogens with zero attached hydrogens (tertiary/aromatic N) is 4. The van der Waals surface area contributed by atoms with E-state index in [-0.39, 0.29) is 5.91 Å². The minimum atomic E-state index is -0.192. The highest BCUT2D eigenvalue weighted by molar-refractivity contribution is 7.98. The van der Waals surface area contributed by atoms with Gasteiger partial charge >= 0.3 is 0 Å². The molecule has 0 aliphatic heterocycles. The van der Waals surface area contributed by atoms with E-state index in [4.69, 9.17) is 0 Å². The molecule has 0 saturated carbocycles. The molecule has 2 aromatic carbocycles. The lowest BCUT2D eigenvalue weighted by Crippen LogP contribution is -2.22. The number of hydrazone groups is 1. The number of aromatic nitrogens is 3. The molecule has 1 N–H and O–H groups in total. The zero-order valence-electron chi connectivity index (χ0n) is 15.6. The number of thioether (sulfide) groups is 1. The van der Waals surface area contributed by atoms with Gasteiger partial charge in [0.25, 0.3) is 5.91 Å². The van der Waals surface area contributed by atoms with Crippen molar-refractivity contribution in [3.8, 4) is 0 Å². The Morgan fingerprint density at radius 2 is 2.00 bits per heavy atom. The molecule has 0 bridgehead atoms. The molecule has 1 aliphatic rings. The number of nitrogens with one attached hydrogen (secondary N) is 1. The largest absolute Gasteiger partial charge is 0.312 e. The fraction of sp³-hybridized carbons (Fsp3) is 0.238. The van der Waals surface area contributed by atoms with Gasteiger partial charge in [-0.15, -0.1) is 10.2 Å². The lowest BCUT2D eigenvalue weighted by Gasteiger charge is -2.17. The molecule has 0 radical (unpaired) electrons. The molecule has 0 unspecified atom stereocenters. The predicted octanol–water partition coefficient (Wildman–Crippen LogP) is 3.58. The summed E-state index contributed by atoms with van der Waals surface area (Å²) in [6.45, 7) is 0. The van der Waals surface area contributed by atoms with Crippen LogP contribution in [0.15, 0.2) is 65.1 Å². The smallest absolute Gasteiger partial charge is 0.271 e. The van der Waals surface area contributed by atoms with Crippen molar-refractivity contribution in [3.05, 3.63) is 77.1 Å². The summed E-state index contributed by atoms with van der Waals surface area (Å²) in [6.07, 6.45) is 4.69. The molecule has 7 heteroatoms. The second-order valence-corrected chi connectivity index (χ2v) is 7.66. The van der Waals surface area contributed by atoms with Crippen LogP contribution >= 0.6 is 11.8 Å². The highest BCUT2D eigenvalue weighted by Crippen LogP contribution is 2.22. The summed E-state index contributed by atoms with van der Waals surface area (Å²) in [5.41, 5.74) is 7.83. The van der Waals surface area contributed by atoms with Crippen LogP contribution in [0.1, 0.15) is 39.9 Å². The van der Waals surface area contributed by atoms with Gasteiger partial charge in [-0.25, -0.2) is 5.43 Å². The third-order valence-corrected chi connectivity index (χ3v) is 5.84. The van der Waals surface area contributed by atoms with E-state index in [1.54, 1.807) is 18.1 Å². The number of aryl methyl sites for hydroxylation is 2. The van der Waals surface area contributed by atoms with Crippen molar-refractivity contribution < 1.29 is 4.79 Å². The Hall–Kier alpha value is -2.93. The van der Waals surface area contributed by atoms with Crippen LogP contribution in [0.25, 0.3) is 0 Å². The monoisotopic (exact) mass is 391 g/mol. The van der Waals surface area contributed by atoms with Crippen molar-refractivity contribution in [1.82, 2.24) is 20.2 Å². The molecule has 6 nitrogen and oxygen atoms in total. The number of rotatable bonds is 5. The van der Waals surface area contributed by atoms with Crippen molar-refractivity contribution in [2.75, 3.05) is 0 Å². The Bertz CT molecular complexity index is 1010. The highest BCUT2D eigenvalue weighted by Gasteiger charge is 2.15. The number of benzene rings is 2. The van der Waals surface area contributed by atoms with Crippen LogP contribution in [0.5, 0.6) is 0 Å². The molecule has 1 amide bonds. The van der Waals surface area contributed by atoms with E-state index >= 15 is 0 Å². The third kappa shape index (κ3) is 4.14. The van der Waals surface area contributed by atoms with Gasteiger partial charge in [0.05, 0.1) is 5.71 Å². The van der Waals surface area contributed by atoms with Crippen molar-refractivity contribution in [2.45, 2.75) is 30.2 Å². The standard InChI is InChI=1S/C21H21N5OS/c1-26-14-22-25-21(26)28-13-15-9-11-17(12-10-15)20(27)24-23-19-8-4-6-16-5-2-3-7-18(16)19/h2-3,5,7,9-12,14H,4,6,8,13H2,1H3,(H,24,27)/b23-19-. The molecular weight excluding hydrogens is 370 g/mol. The summed E-state index contributed by atoms with van der Waals surface area (Å²) >= 11 is 1.61. The summed E-state index contributed by atoms with van der Waals surface area (Å²) in [5.74, 6) is 0.580. The van der Waals surface area contributed by atoms with Crippen LogP contribution in [0, 0.1) is 0 Å². The average molecular weight is 392 g/mol. The predicted molar refractivity (Wildman–Crippen MR) is 110 cm³/mol. The van der Waals surface area contributed by atoms with Gasteiger partial charge in [-0.3, -0.25) is 4.79 Å². The Morgan fingerprint density at radius 1 is 1.18 bits per heavy atom. The summed E-state index contributed by atoms with van der Waals surface area (Å²) < 4.78 is 1.88. The molecule has 0 fully saturated rings. The van der Waals surface area contributed by atoms with Crippen molar-refractivity contribution in [3.63, 3.8) is 0 Å². The quantitative estimate of drug-likeness (QED) is 0.533. The molecule has 0 atom stereocenters. The normalized spacial score (nSPS) is 14.7. The fourth-order valence-corrected chi connectivity index (χ4v) is 4.05. The van der Waals surface area contributed by atoms with Gasteiger partial charge in [-0.2, -0.15) is 5.10 Å². The Balaban J connectivity index is 1.38. The van der Waals surface area contributed by atoms with Crippen molar-refractivity contribution in [1.29, 1.82) is 0 Å². The maximum absolute atomic E-state index is 12.5. The molecule has 4 rings (SSSR count). The van der Waals surface area contributed by atoms with Crippen LogP contribution in [0.3, 0.4) is 0 Å². The second-order valence-electron chi connectivity index (χ2n) is 6.72. The van der Waals surface area contributed by atoms with Gasteiger partial charge in [0, 0.05) is 23.9 Å². The van der Waals surface area contributed by atoms with E-state index in [1.807, 2.05) is 48.0 Å². The number of carbonyl (C=O) groups is 1. The van der Waals surface area contributed by atoms with E-state index in [2.05, 4.69) is 32.9 Å². The number of carbonyl (C=O) groups excluding carboxylic acids is 1. The summed E-state index contributed by atoms with van der Waals surface area (Å²) in [4.78, 5) is 12.5. The van der Waals surface area contributed by atoms with Gasteiger partial charge in [0.2, 0.25) is 0 Å². The topological polar surface area (TPSA) is 72.2 Å². The van der Waals surface area contributed by atoms with Gasteiger partial charge in [-0.1, -0.05) is 48.2 Å². The minimum Gasteiger partial charge on any atom is -0.312 e. The number of hydrogen-bond donors (Lipinski definition) is 1. The second kappa shape index (κ2) is 8.39. The SMILES string of the molecule is Cn1cnnc1SCc1ccc(C(=O)N/N=C2/CCCc3ccccc32)cc1. The summed E-state index contributed by atoms with van der Waals surface area (Å²) in [5, 5.41) is 13.2. The summed E-state index contributed by atoms with van der Waals surface area (Å²) in [6, 6.07) is 15.8. The van der Waals surface area contributed by atoms with Crippen molar-refractivity contribution >= 4 is 23.4 Å². The lowest BCUT2D eigenvalue weighted by molar-refractivity contribution is 0.0954. The van der Waals surface area contributed by atoms with Crippen LogP contribution < -0.4 is 5.43 Å². The molecular formula is C21H21N5OS. The zero-order chi connectivity index (χ0) is 19.3. The van der Waals surface area contributed by atoms with E-state index in [1.165, 1.54) is 5.56 Å². The van der Waals surface area contributed by atoms with E-state index < -0.39 is 0 Å². The Morgan fingerprint density at radius 3 is 2.79 bits per heavy atom. The number of hydrogen-bond acceptors (Lipinski definition) is 5. The third-order valence-electron chi connectivity index (χ3n) is 4.73. The average Bonchev–Trinajstić information content (AvgIpc) is 3.15. The van der Waals surface area contributed by atoms with Gasteiger partial charge in [0.1, 0.15) is 6.33 Å². The molecule has 1 heterocycles.